The first kappa shape index (κ1) is 21.8. The van der Waals surface area contributed by atoms with Gasteiger partial charge in [0.2, 0.25) is 5.91 Å². The molecule has 0 aliphatic carbocycles. The number of benzene rings is 2. The molecule has 2 aromatic carbocycles. The van der Waals surface area contributed by atoms with Gasteiger partial charge in [-0.25, -0.2) is 0 Å². The highest BCUT2D eigenvalue weighted by Crippen LogP contribution is 2.21. The molecule has 3 aromatic rings. The average molecular weight is 448 g/mol. The standard InChI is InChI=1S/C25H25N3O3S/c29-23(26-17-18-5-2-1-3-6-18)19-12-14-28(15-13-19)25(31)20-8-10-21(11-9-20)27-24(30)22-7-4-16-32-22/h1-11,16,19H,12-15,17H2,(H,26,29)(H,27,30). The number of rotatable bonds is 6. The van der Waals surface area contributed by atoms with Gasteiger partial charge in [0, 0.05) is 36.8 Å². The van der Waals surface area contributed by atoms with Gasteiger partial charge in [0.15, 0.2) is 0 Å². The number of thiophene rings is 1. The zero-order valence-corrected chi connectivity index (χ0v) is 18.4. The van der Waals surface area contributed by atoms with Crippen molar-refractivity contribution in [2.75, 3.05) is 18.4 Å². The van der Waals surface area contributed by atoms with E-state index in [-0.39, 0.29) is 23.6 Å². The van der Waals surface area contributed by atoms with Crippen molar-refractivity contribution in [3.63, 3.8) is 0 Å². The quantitative estimate of drug-likeness (QED) is 0.595. The fourth-order valence-electron chi connectivity index (χ4n) is 3.75. The van der Waals surface area contributed by atoms with Crippen molar-refractivity contribution in [3.8, 4) is 0 Å². The van der Waals surface area contributed by atoms with Gasteiger partial charge in [0.05, 0.1) is 4.88 Å². The first-order valence-corrected chi connectivity index (χ1v) is 11.5. The lowest BCUT2D eigenvalue weighted by molar-refractivity contribution is -0.126. The summed E-state index contributed by atoms with van der Waals surface area (Å²) >= 11 is 1.38. The highest BCUT2D eigenvalue weighted by atomic mass is 32.1. The zero-order chi connectivity index (χ0) is 22.3. The Bertz CT molecular complexity index is 1060. The molecule has 4 rings (SSSR count). The number of carbonyl (C=O) groups is 3. The SMILES string of the molecule is O=C(Nc1ccc(C(=O)N2CCC(C(=O)NCc3ccccc3)CC2)cc1)c1cccs1. The molecule has 164 valence electrons. The van der Waals surface area contributed by atoms with Gasteiger partial charge in [0.1, 0.15) is 0 Å². The molecule has 32 heavy (non-hydrogen) atoms. The molecule has 0 spiro atoms. The Morgan fingerprint density at radius 1 is 0.906 bits per heavy atom. The number of hydrogen-bond acceptors (Lipinski definition) is 4. The van der Waals surface area contributed by atoms with Gasteiger partial charge in [-0.3, -0.25) is 14.4 Å². The highest BCUT2D eigenvalue weighted by molar-refractivity contribution is 7.12. The van der Waals surface area contributed by atoms with Crippen molar-refractivity contribution in [2.24, 2.45) is 5.92 Å². The molecule has 1 aromatic heterocycles. The summed E-state index contributed by atoms with van der Waals surface area (Å²) in [6, 6.07) is 20.4. The molecule has 0 saturated carbocycles. The Morgan fingerprint density at radius 2 is 1.62 bits per heavy atom. The van der Waals surface area contributed by atoms with Crippen LogP contribution in [-0.4, -0.2) is 35.7 Å². The summed E-state index contributed by atoms with van der Waals surface area (Å²) < 4.78 is 0. The summed E-state index contributed by atoms with van der Waals surface area (Å²) in [6.45, 7) is 1.63. The molecule has 1 fully saturated rings. The van der Waals surface area contributed by atoms with Crippen molar-refractivity contribution >= 4 is 34.7 Å². The van der Waals surface area contributed by atoms with Gasteiger partial charge in [-0.1, -0.05) is 36.4 Å². The van der Waals surface area contributed by atoms with E-state index >= 15 is 0 Å². The smallest absolute Gasteiger partial charge is 0.265 e. The minimum atomic E-state index is -0.160. The van der Waals surface area contributed by atoms with E-state index in [0.29, 0.717) is 48.6 Å². The Balaban J connectivity index is 1.25. The largest absolute Gasteiger partial charge is 0.352 e. The van der Waals surface area contributed by atoms with Gasteiger partial charge in [0.25, 0.3) is 11.8 Å². The summed E-state index contributed by atoms with van der Waals surface area (Å²) in [7, 11) is 0. The van der Waals surface area contributed by atoms with E-state index in [4.69, 9.17) is 0 Å². The van der Waals surface area contributed by atoms with Gasteiger partial charge >= 0.3 is 0 Å². The van der Waals surface area contributed by atoms with Gasteiger partial charge < -0.3 is 15.5 Å². The molecule has 0 atom stereocenters. The van der Waals surface area contributed by atoms with Crippen LogP contribution in [0.5, 0.6) is 0 Å². The third kappa shape index (κ3) is 5.42. The number of nitrogens with one attached hydrogen (secondary N) is 2. The maximum atomic E-state index is 12.8. The number of hydrogen-bond donors (Lipinski definition) is 2. The van der Waals surface area contributed by atoms with Crippen LogP contribution in [0.3, 0.4) is 0 Å². The van der Waals surface area contributed by atoms with Crippen molar-refractivity contribution < 1.29 is 14.4 Å². The predicted octanol–water partition coefficient (Wildman–Crippen LogP) is 4.17. The molecule has 1 saturated heterocycles. The number of amides is 3. The fraction of sp³-hybridized carbons (Fsp3) is 0.240. The van der Waals surface area contributed by atoms with Crippen LogP contribution in [0, 0.1) is 5.92 Å². The summed E-state index contributed by atoms with van der Waals surface area (Å²) in [6.07, 6.45) is 1.31. The zero-order valence-electron chi connectivity index (χ0n) is 17.6. The molecule has 3 amide bonds. The molecule has 6 nitrogen and oxygen atoms in total. The molecule has 0 bridgehead atoms. The molecule has 2 heterocycles. The summed E-state index contributed by atoms with van der Waals surface area (Å²) in [5.74, 6) is -0.236. The van der Waals surface area contributed by atoms with Gasteiger partial charge in [-0.05, 0) is 54.1 Å². The first-order valence-electron chi connectivity index (χ1n) is 10.7. The second-order valence-corrected chi connectivity index (χ2v) is 8.73. The monoisotopic (exact) mass is 447 g/mol. The summed E-state index contributed by atoms with van der Waals surface area (Å²) in [4.78, 5) is 39.9. The van der Waals surface area contributed by atoms with Crippen LogP contribution in [0.2, 0.25) is 0 Å². The van der Waals surface area contributed by atoms with E-state index in [1.54, 1.807) is 35.2 Å². The average Bonchev–Trinajstić information content (AvgIpc) is 3.39. The van der Waals surface area contributed by atoms with Crippen molar-refractivity contribution in [1.82, 2.24) is 10.2 Å². The third-order valence-corrected chi connectivity index (χ3v) is 6.47. The summed E-state index contributed by atoms with van der Waals surface area (Å²) in [5.41, 5.74) is 2.29. The van der Waals surface area contributed by atoms with E-state index in [1.807, 2.05) is 41.8 Å². The van der Waals surface area contributed by atoms with Gasteiger partial charge in [-0.15, -0.1) is 11.3 Å². The van der Waals surface area contributed by atoms with Crippen molar-refractivity contribution in [2.45, 2.75) is 19.4 Å². The molecule has 7 heteroatoms. The third-order valence-electron chi connectivity index (χ3n) is 5.60. The molecule has 1 aliphatic heterocycles. The Morgan fingerprint density at radius 3 is 2.28 bits per heavy atom. The number of anilines is 1. The predicted molar refractivity (Wildman–Crippen MR) is 126 cm³/mol. The minimum absolute atomic E-state index is 0.0480. The molecular formula is C25H25N3O3S. The van der Waals surface area contributed by atoms with Crippen LogP contribution in [0.25, 0.3) is 0 Å². The van der Waals surface area contributed by atoms with Crippen LogP contribution < -0.4 is 10.6 Å². The molecular weight excluding hydrogens is 422 g/mol. The Kier molecular flexibility index (Phi) is 6.97. The van der Waals surface area contributed by atoms with E-state index in [0.717, 1.165) is 5.56 Å². The van der Waals surface area contributed by atoms with Gasteiger partial charge in [-0.2, -0.15) is 0 Å². The second kappa shape index (κ2) is 10.2. The van der Waals surface area contributed by atoms with Crippen LogP contribution in [0.1, 0.15) is 38.4 Å². The van der Waals surface area contributed by atoms with Crippen LogP contribution >= 0.6 is 11.3 Å². The van der Waals surface area contributed by atoms with E-state index < -0.39 is 0 Å². The van der Waals surface area contributed by atoms with Crippen LogP contribution in [-0.2, 0) is 11.3 Å². The molecule has 0 unspecified atom stereocenters. The lowest BCUT2D eigenvalue weighted by Crippen LogP contribution is -2.42. The lowest BCUT2D eigenvalue weighted by Gasteiger charge is -2.31. The maximum Gasteiger partial charge on any atom is 0.265 e. The van der Waals surface area contributed by atoms with Crippen LogP contribution in [0.15, 0.2) is 72.1 Å². The van der Waals surface area contributed by atoms with Crippen molar-refractivity contribution in [3.05, 3.63) is 88.1 Å². The Labute approximate surface area is 191 Å². The number of likely N-dealkylation sites (tertiary alicyclic amines) is 1. The van der Waals surface area contributed by atoms with Crippen molar-refractivity contribution in [1.29, 1.82) is 0 Å². The normalized spacial score (nSPS) is 14.1. The fourth-order valence-corrected chi connectivity index (χ4v) is 4.37. The molecule has 0 radical (unpaired) electrons. The molecule has 1 aliphatic rings. The van der Waals surface area contributed by atoms with E-state index in [2.05, 4.69) is 10.6 Å². The number of piperidine rings is 1. The number of carbonyl (C=O) groups excluding carboxylic acids is 3. The highest BCUT2D eigenvalue weighted by Gasteiger charge is 2.27. The maximum absolute atomic E-state index is 12.8. The number of nitrogens with zero attached hydrogens (tertiary/aromatic N) is 1. The van der Waals surface area contributed by atoms with Crippen LogP contribution in [0.4, 0.5) is 5.69 Å². The molecule has 2 N–H and O–H groups in total. The summed E-state index contributed by atoms with van der Waals surface area (Å²) in [5, 5.41) is 7.69. The topological polar surface area (TPSA) is 78.5 Å². The minimum Gasteiger partial charge on any atom is -0.352 e. The van der Waals surface area contributed by atoms with E-state index in [9.17, 15) is 14.4 Å². The first-order chi connectivity index (χ1) is 15.6. The van der Waals surface area contributed by atoms with E-state index in [1.165, 1.54) is 11.3 Å². The Hall–Kier alpha value is -3.45. The second-order valence-electron chi connectivity index (χ2n) is 7.78. The lowest BCUT2D eigenvalue weighted by atomic mass is 9.95.